The molecule has 1 fully saturated rings. The molecule has 0 spiro atoms. The molecular formula is C20H19N3O4. The van der Waals surface area contributed by atoms with Crippen LogP contribution in [0.4, 0.5) is 0 Å². The minimum absolute atomic E-state index is 0.0447. The van der Waals surface area contributed by atoms with Gasteiger partial charge >= 0.3 is 5.97 Å². The summed E-state index contributed by atoms with van der Waals surface area (Å²) in [6, 6.07) is 12.5. The third-order valence-corrected chi connectivity index (χ3v) is 4.51. The van der Waals surface area contributed by atoms with Crippen LogP contribution in [-0.4, -0.2) is 23.6 Å². The van der Waals surface area contributed by atoms with Gasteiger partial charge in [-0.2, -0.15) is 5.26 Å². The Morgan fingerprint density at radius 3 is 2.63 bits per heavy atom. The molecule has 1 heterocycles. The minimum Gasteiger partial charge on any atom is -0.465 e. The van der Waals surface area contributed by atoms with E-state index in [1.165, 1.54) is 19.4 Å². The van der Waals surface area contributed by atoms with Crippen molar-refractivity contribution in [2.75, 3.05) is 7.11 Å². The number of carbonyl (C=O) groups is 2. The largest absolute Gasteiger partial charge is 0.465 e. The number of nitrogens with zero attached hydrogens (tertiary/aromatic N) is 2. The Morgan fingerprint density at radius 1 is 1.33 bits per heavy atom. The van der Waals surface area contributed by atoms with Crippen molar-refractivity contribution < 1.29 is 14.3 Å². The molecule has 27 heavy (non-hydrogen) atoms. The van der Waals surface area contributed by atoms with Gasteiger partial charge in [0.25, 0.3) is 5.56 Å². The van der Waals surface area contributed by atoms with Crippen LogP contribution in [0.15, 0.2) is 47.4 Å². The second kappa shape index (κ2) is 7.87. The molecule has 1 aliphatic carbocycles. The lowest BCUT2D eigenvalue weighted by atomic mass is 10.0. The number of hydrogen-bond donors (Lipinski definition) is 1. The van der Waals surface area contributed by atoms with E-state index in [2.05, 4.69) is 10.1 Å². The van der Waals surface area contributed by atoms with E-state index in [1.54, 1.807) is 6.07 Å². The molecule has 0 bridgehead atoms. The van der Waals surface area contributed by atoms with Gasteiger partial charge in [-0.25, -0.2) is 4.79 Å². The van der Waals surface area contributed by atoms with Gasteiger partial charge in [0.15, 0.2) is 0 Å². The second-order valence-electron chi connectivity index (χ2n) is 6.47. The van der Waals surface area contributed by atoms with Gasteiger partial charge in [-0.3, -0.25) is 9.59 Å². The number of ether oxygens (including phenoxy) is 1. The van der Waals surface area contributed by atoms with Crippen LogP contribution in [0.1, 0.15) is 40.4 Å². The standard InChI is InChI=1S/C20H19N3O4/c1-27-20(26)16-9-15(10-21)19(25)23(11-16)12-17(24)22-18(14-7-8-14)13-5-3-2-4-6-13/h2-6,9,11,14,18H,7-8,12H2,1H3,(H,22,24)/t18-/m0/s1. The number of methoxy groups -OCH3 is 1. The van der Waals surface area contributed by atoms with Crippen molar-refractivity contribution >= 4 is 11.9 Å². The average molecular weight is 365 g/mol. The Morgan fingerprint density at radius 2 is 2.04 bits per heavy atom. The zero-order chi connectivity index (χ0) is 19.4. The maximum absolute atomic E-state index is 12.6. The van der Waals surface area contributed by atoms with Gasteiger partial charge in [0.2, 0.25) is 5.91 Å². The summed E-state index contributed by atoms with van der Waals surface area (Å²) in [6.07, 6.45) is 3.32. The molecule has 1 N–H and O–H groups in total. The van der Waals surface area contributed by atoms with Crippen LogP contribution in [0.5, 0.6) is 0 Å². The molecule has 2 aromatic rings. The fourth-order valence-electron chi connectivity index (χ4n) is 3.00. The van der Waals surface area contributed by atoms with Crippen molar-refractivity contribution in [2.24, 2.45) is 5.92 Å². The van der Waals surface area contributed by atoms with Crippen molar-refractivity contribution in [3.8, 4) is 6.07 Å². The number of aromatic nitrogens is 1. The lowest BCUT2D eigenvalue weighted by Gasteiger charge is -2.19. The van der Waals surface area contributed by atoms with Gasteiger partial charge in [-0.05, 0) is 30.4 Å². The third kappa shape index (κ3) is 4.23. The molecule has 7 nitrogen and oxygen atoms in total. The quantitative estimate of drug-likeness (QED) is 0.786. The second-order valence-corrected chi connectivity index (χ2v) is 6.47. The van der Waals surface area contributed by atoms with E-state index < -0.39 is 11.5 Å². The van der Waals surface area contributed by atoms with Crippen molar-refractivity contribution in [1.82, 2.24) is 9.88 Å². The number of hydrogen-bond acceptors (Lipinski definition) is 5. The Kier molecular flexibility index (Phi) is 5.36. The van der Waals surface area contributed by atoms with Gasteiger partial charge in [-0.15, -0.1) is 0 Å². The lowest BCUT2D eigenvalue weighted by Crippen LogP contribution is -2.36. The number of nitriles is 1. The van der Waals surface area contributed by atoms with E-state index in [-0.39, 0.29) is 29.6 Å². The summed E-state index contributed by atoms with van der Waals surface area (Å²) in [4.78, 5) is 36.6. The van der Waals surface area contributed by atoms with Gasteiger partial charge in [-0.1, -0.05) is 30.3 Å². The van der Waals surface area contributed by atoms with E-state index in [1.807, 2.05) is 30.3 Å². The molecule has 138 valence electrons. The van der Waals surface area contributed by atoms with E-state index >= 15 is 0 Å². The van der Waals surface area contributed by atoms with Gasteiger partial charge < -0.3 is 14.6 Å². The number of amides is 1. The van der Waals surface area contributed by atoms with Gasteiger partial charge in [0, 0.05) is 6.20 Å². The summed E-state index contributed by atoms with van der Waals surface area (Å²) < 4.78 is 5.70. The number of esters is 1. The highest BCUT2D eigenvalue weighted by molar-refractivity contribution is 5.89. The molecule has 1 aromatic carbocycles. The predicted molar refractivity (Wildman–Crippen MR) is 96.8 cm³/mol. The molecule has 3 rings (SSSR count). The molecule has 0 saturated heterocycles. The summed E-state index contributed by atoms with van der Waals surface area (Å²) in [5.41, 5.74) is 0.223. The third-order valence-electron chi connectivity index (χ3n) is 4.51. The Balaban J connectivity index is 1.82. The first kappa shape index (κ1) is 18.4. The molecule has 0 unspecified atom stereocenters. The van der Waals surface area contributed by atoms with Crippen molar-refractivity contribution in [3.63, 3.8) is 0 Å². The molecule has 1 saturated carbocycles. The summed E-state index contributed by atoms with van der Waals surface area (Å²) in [5, 5.41) is 12.1. The van der Waals surface area contributed by atoms with E-state index in [4.69, 9.17) is 5.26 Å². The normalized spacial score (nSPS) is 14.1. The maximum Gasteiger partial charge on any atom is 0.339 e. The monoisotopic (exact) mass is 365 g/mol. The maximum atomic E-state index is 12.6. The van der Waals surface area contributed by atoms with Gasteiger partial charge in [0.1, 0.15) is 18.2 Å². The first-order valence-corrected chi connectivity index (χ1v) is 8.60. The van der Waals surface area contributed by atoms with Gasteiger partial charge in [0.05, 0.1) is 18.7 Å². The first-order chi connectivity index (χ1) is 13.0. The number of pyridine rings is 1. The number of carbonyl (C=O) groups excluding carboxylic acids is 2. The van der Waals surface area contributed by atoms with Crippen LogP contribution in [0.25, 0.3) is 0 Å². The lowest BCUT2D eigenvalue weighted by molar-refractivity contribution is -0.122. The van der Waals surface area contributed by atoms with Crippen LogP contribution >= 0.6 is 0 Å². The molecule has 7 heteroatoms. The zero-order valence-corrected chi connectivity index (χ0v) is 14.8. The molecule has 0 aliphatic heterocycles. The van der Waals surface area contributed by atoms with Crippen molar-refractivity contribution in [1.29, 1.82) is 5.26 Å². The van der Waals surface area contributed by atoms with Crippen LogP contribution in [0.2, 0.25) is 0 Å². The van der Waals surface area contributed by atoms with Crippen LogP contribution in [-0.2, 0) is 16.1 Å². The topological polar surface area (TPSA) is 101 Å². The molecule has 1 aromatic heterocycles. The SMILES string of the molecule is COC(=O)c1cc(C#N)c(=O)n(CC(=O)N[C@@H](c2ccccc2)C2CC2)c1. The molecule has 1 amide bonds. The van der Waals surface area contributed by atoms with E-state index in [0.717, 1.165) is 23.0 Å². The Labute approximate surface area is 156 Å². The van der Waals surface area contributed by atoms with Crippen LogP contribution in [0, 0.1) is 17.2 Å². The average Bonchev–Trinajstić information content (AvgIpc) is 3.52. The molecule has 1 atom stereocenters. The number of nitrogens with one attached hydrogen (secondary N) is 1. The molecular weight excluding hydrogens is 346 g/mol. The zero-order valence-electron chi connectivity index (χ0n) is 14.8. The fraction of sp³-hybridized carbons (Fsp3) is 0.300. The summed E-state index contributed by atoms with van der Waals surface area (Å²) in [7, 11) is 1.20. The van der Waals surface area contributed by atoms with Crippen molar-refractivity contribution in [2.45, 2.75) is 25.4 Å². The minimum atomic E-state index is -0.680. The fourth-order valence-corrected chi connectivity index (χ4v) is 3.00. The highest BCUT2D eigenvalue weighted by Crippen LogP contribution is 2.40. The summed E-state index contributed by atoms with van der Waals surface area (Å²) >= 11 is 0. The van der Waals surface area contributed by atoms with Crippen molar-refractivity contribution in [3.05, 3.63) is 69.6 Å². The smallest absolute Gasteiger partial charge is 0.339 e. The molecule has 1 aliphatic rings. The first-order valence-electron chi connectivity index (χ1n) is 8.60. The number of rotatable bonds is 6. The van der Waals surface area contributed by atoms with E-state index in [0.29, 0.717) is 5.92 Å². The predicted octanol–water partition coefficient (Wildman–Crippen LogP) is 1.77. The van der Waals surface area contributed by atoms with E-state index in [9.17, 15) is 14.4 Å². The number of benzene rings is 1. The highest BCUT2D eigenvalue weighted by atomic mass is 16.5. The summed E-state index contributed by atoms with van der Waals surface area (Å²) in [5.74, 6) is -0.659. The Hall–Kier alpha value is -3.40. The van der Waals surface area contributed by atoms with Crippen LogP contribution in [0.3, 0.4) is 0 Å². The Bertz CT molecular complexity index is 955. The highest BCUT2D eigenvalue weighted by Gasteiger charge is 2.33. The van der Waals surface area contributed by atoms with Crippen LogP contribution < -0.4 is 10.9 Å². The molecule has 0 radical (unpaired) electrons. The summed E-state index contributed by atoms with van der Waals surface area (Å²) in [6.45, 7) is -0.283.